The Morgan fingerprint density at radius 3 is 1.52 bits per heavy atom. The molecule has 0 unspecified atom stereocenters. The number of benzene rings is 5. The third-order valence-corrected chi connectivity index (χ3v) is 11.7. The van der Waals surface area contributed by atoms with Gasteiger partial charge in [0.25, 0.3) is 11.8 Å². The molecule has 3 heterocycles. The van der Waals surface area contributed by atoms with Gasteiger partial charge in [0.05, 0.1) is 57.4 Å². The molecule has 10 atom stereocenters. The minimum absolute atomic E-state index is 0.00712. The Kier molecular flexibility index (Phi) is 16.5. The Bertz CT molecular complexity index is 2340. The van der Waals surface area contributed by atoms with E-state index >= 15 is 0 Å². The van der Waals surface area contributed by atoms with Gasteiger partial charge in [-0.15, -0.1) is 6.58 Å². The SMILES string of the molecule is C=CCO[C@@H]1O[C@H](COCc2ccccc2)[C@@H](O[C@@H]2O[C@H](COCc3ccccc3)[C@@H](O)[C@H](OCc3ccccc3)[C@H]2OC(C)=O)[C@H](OCc2ccccc2)[C@H]1N1C(=O)c2ccccc2C1=O. The van der Waals surface area contributed by atoms with Gasteiger partial charge in [0, 0.05) is 6.92 Å². The number of esters is 1. The minimum atomic E-state index is -1.47. The quantitative estimate of drug-likeness (QED) is 0.0479. The molecule has 0 saturated carbocycles. The minimum Gasteiger partial charge on any atom is -0.454 e. The van der Waals surface area contributed by atoms with Crippen molar-refractivity contribution in [1.29, 1.82) is 0 Å². The molecule has 0 spiro atoms. The van der Waals surface area contributed by atoms with Crippen LogP contribution in [0.4, 0.5) is 0 Å². The highest BCUT2D eigenvalue weighted by Gasteiger charge is 2.58. The number of aliphatic hydroxyl groups is 1. The van der Waals surface area contributed by atoms with Gasteiger partial charge in [-0.1, -0.05) is 140 Å². The number of nitrogens with zero attached hydrogens (tertiary/aromatic N) is 1. The number of imide groups is 1. The summed E-state index contributed by atoms with van der Waals surface area (Å²) in [5.41, 5.74) is 3.80. The van der Waals surface area contributed by atoms with Crippen LogP contribution in [-0.2, 0) is 73.9 Å². The fourth-order valence-electron chi connectivity index (χ4n) is 8.50. The molecule has 14 heteroatoms. The summed E-state index contributed by atoms with van der Waals surface area (Å²) < 4.78 is 58.5. The molecule has 2 amide bonds. The Hall–Kier alpha value is -5.91. The lowest BCUT2D eigenvalue weighted by Crippen LogP contribution is -2.69. The maximum absolute atomic E-state index is 14.5. The fraction of sp³-hybridized carbons (Fsp3) is 0.340. The molecular formula is C53H55NO13. The Morgan fingerprint density at radius 2 is 1.03 bits per heavy atom. The summed E-state index contributed by atoms with van der Waals surface area (Å²) in [5.74, 6) is -1.85. The number of aliphatic hydroxyl groups excluding tert-OH is 1. The molecule has 0 radical (unpaired) electrons. The van der Waals surface area contributed by atoms with Crippen molar-refractivity contribution in [3.8, 4) is 0 Å². The average Bonchev–Trinajstić information content (AvgIpc) is 3.60. The fourth-order valence-corrected chi connectivity index (χ4v) is 8.50. The number of rotatable bonds is 21. The molecule has 14 nitrogen and oxygen atoms in total. The predicted molar refractivity (Wildman–Crippen MR) is 243 cm³/mol. The first-order valence-corrected chi connectivity index (χ1v) is 22.3. The first-order valence-electron chi connectivity index (χ1n) is 22.3. The van der Waals surface area contributed by atoms with Gasteiger partial charge in [-0.25, -0.2) is 0 Å². The molecule has 67 heavy (non-hydrogen) atoms. The maximum atomic E-state index is 14.5. The number of carbonyl (C=O) groups is 3. The van der Waals surface area contributed by atoms with Gasteiger partial charge in [0.1, 0.15) is 42.7 Å². The summed E-state index contributed by atoms with van der Waals surface area (Å²) in [4.78, 5) is 43.0. The van der Waals surface area contributed by atoms with Gasteiger partial charge < -0.3 is 47.7 Å². The van der Waals surface area contributed by atoms with E-state index in [0.717, 1.165) is 27.2 Å². The molecule has 0 aromatic heterocycles. The van der Waals surface area contributed by atoms with Crippen LogP contribution < -0.4 is 0 Å². The van der Waals surface area contributed by atoms with E-state index in [2.05, 4.69) is 6.58 Å². The van der Waals surface area contributed by atoms with Crippen molar-refractivity contribution in [2.45, 2.75) is 94.7 Å². The molecule has 3 aliphatic heterocycles. The zero-order valence-corrected chi connectivity index (χ0v) is 37.2. The van der Waals surface area contributed by atoms with Crippen LogP contribution in [0.2, 0.25) is 0 Å². The highest BCUT2D eigenvalue weighted by molar-refractivity contribution is 6.21. The molecule has 2 fully saturated rings. The number of hydrogen-bond acceptors (Lipinski definition) is 13. The number of carbonyl (C=O) groups excluding carboxylic acids is 3. The van der Waals surface area contributed by atoms with Crippen LogP contribution in [0.15, 0.2) is 158 Å². The van der Waals surface area contributed by atoms with Crippen LogP contribution in [0.3, 0.4) is 0 Å². The summed E-state index contributed by atoms with van der Waals surface area (Å²) in [6.07, 6.45) is -9.70. The average molecular weight is 914 g/mol. The van der Waals surface area contributed by atoms with Crippen molar-refractivity contribution in [3.63, 3.8) is 0 Å². The van der Waals surface area contributed by atoms with Crippen LogP contribution >= 0.6 is 0 Å². The van der Waals surface area contributed by atoms with Gasteiger partial charge in [-0.2, -0.15) is 0 Å². The van der Waals surface area contributed by atoms with Crippen molar-refractivity contribution in [1.82, 2.24) is 4.90 Å². The van der Waals surface area contributed by atoms with Crippen molar-refractivity contribution >= 4 is 17.8 Å². The van der Waals surface area contributed by atoms with E-state index in [0.29, 0.717) is 0 Å². The number of ether oxygens (including phenoxy) is 9. The number of amides is 2. The Balaban J connectivity index is 1.19. The van der Waals surface area contributed by atoms with Gasteiger partial charge >= 0.3 is 5.97 Å². The maximum Gasteiger partial charge on any atom is 0.303 e. The first-order chi connectivity index (χ1) is 32.8. The summed E-state index contributed by atoms with van der Waals surface area (Å²) in [6, 6.07) is 43.1. The van der Waals surface area contributed by atoms with Gasteiger partial charge in [0.2, 0.25) is 0 Å². The van der Waals surface area contributed by atoms with Crippen molar-refractivity contribution in [2.24, 2.45) is 0 Å². The van der Waals surface area contributed by atoms with Crippen molar-refractivity contribution < 1.29 is 62.1 Å². The summed E-state index contributed by atoms with van der Waals surface area (Å²) in [6.45, 7) is 5.31. The van der Waals surface area contributed by atoms with E-state index in [9.17, 15) is 19.5 Å². The lowest BCUT2D eigenvalue weighted by Gasteiger charge is -2.50. The highest BCUT2D eigenvalue weighted by atomic mass is 16.8. The topological polar surface area (TPSA) is 158 Å². The molecule has 0 aliphatic carbocycles. The van der Waals surface area contributed by atoms with Crippen LogP contribution in [0.25, 0.3) is 0 Å². The highest BCUT2D eigenvalue weighted by Crippen LogP contribution is 2.38. The molecule has 5 aromatic rings. The molecule has 1 N–H and O–H groups in total. The van der Waals surface area contributed by atoms with Crippen LogP contribution in [0, 0.1) is 0 Å². The van der Waals surface area contributed by atoms with E-state index < -0.39 is 79.1 Å². The van der Waals surface area contributed by atoms with Gasteiger partial charge in [-0.3, -0.25) is 19.3 Å². The normalized spacial score (nSPS) is 26.0. The van der Waals surface area contributed by atoms with E-state index in [1.165, 1.54) is 13.0 Å². The largest absolute Gasteiger partial charge is 0.454 e. The smallest absolute Gasteiger partial charge is 0.303 e. The van der Waals surface area contributed by atoms with Crippen LogP contribution in [-0.4, -0.2) is 109 Å². The van der Waals surface area contributed by atoms with E-state index in [1.54, 1.807) is 24.3 Å². The lowest BCUT2D eigenvalue weighted by atomic mass is 9.93. The second kappa shape index (κ2) is 23.2. The van der Waals surface area contributed by atoms with E-state index in [-0.39, 0.29) is 57.4 Å². The molecule has 8 rings (SSSR count). The van der Waals surface area contributed by atoms with Gasteiger partial charge in [0.15, 0.2) is 18.7 Å². The lowest BCUT2D eigenvalue weighted by molar-refractivity contribution is -0.359. The summed E-state index contributed by atoms with van der Waals surface area (Å²) >= 11 is 0. The van der Waals surface area contributed by atoms with E-state index in [1.807, 2.05) is 121 Å². The Morgan fingerprint density at radius 1 is 0.582 bits per heavy atom. The van der Waals surface area contributed by atoms with Crippen LogP contribution in [0.5, 0.6) is 0 Å². The molecule has 3 aliphatic rings. The molecule has 0 bridgehead atoms. The van der Waals surface area contributed by atoms with Gasteiger partial charge in [-0.05, 0) is 34.4 Å². The van der Waals surface area contributed by atoms with E-state index in [4.69, 9.17) is 42.6 Å². The van der Waals surface area contributed by atoms with Crippen LogP contribution in [0.1, 0.15) is 49.9 Å². The number of fused-ring (bicyclic) bond motifs is 1. The molecule has 5 aromatic carbocycles. The molecular weight excluding hydrogens is 859 g/mol. The second-order valence-electron chi connectivity index (χ2n) is 16.4. The first kappa shape index (κ1) is 47.6. The monoisotopic (exact) mass is 913 g/mol. The third-order valence-electron chi connectivity index (χ3n) is 11.7. The molecule has 350 valence electrons. The predicted octanol–water partition coefficient (Wildman–Crippen LogP) is 6.59. The van der Waals surface area contributed by atoms with Crippen molar-refractivity contribution in [3.05, 3.63) is 192 Å². The number of hydrogen-bond donors (Lipinski definition) is 1. The zero-order valence-electron chi connectivity index (χ0n) is 37.2. The summed E-state index contributed by atoms with van der Waals surface area (Å²) in [7, 11) is 0. The summed E-state index contributed by atoms with van der Waals surface area (Å²) in [5, 5.41) is 12.0. The second-order valence-corrected chi connectivity index (χ2v) is 16.4. The zero-order chi connectivity index (χ0) is 46.5. The van der Waals surface area contributed by atoms with Crippen molar-refractivity contribution in [2.75, 3.05) is 19.8 Å². The Labute approximate surface area is 389 Å². The standard InChI is InChI=1S/C53H55NO13/c1-3-28-61-52-44(54-50(57)40-26-16-17-27-41(40)51(54)58)47(62-31-38-22-12-6-13-23-38)46(43(66-52)34-60-30-37-20-10-5-11-21-37)67-53-49(64-35(2)55)48(63-32-39-24-14-7-15-25-39)45(56)42(65-53)33-59-29-36-18-8-4-9-19-36/h3-27,42-49,52-53,56H,1,28-34H2,2H3/t42-,43-,44-,45-,46-,47-,48+,49-,52-,53+/m1/s1. The third kappa shape index (κ3) is 11.8. The molecule has 2 saturated heterocycles.